The number of rotatable bonds is 24. The van der Waals surface area contributed by atoms with Crippen molar-refractivity contribution in [2.24, 2.45) is 5.92 Å². The van der Waals surface area contributed by atoms with Gasteiger partial charge in [-0.2, -0.15) is 0 Å². The van der Waals surface area contributed by atoms with Crippen LogP contribution in [0.3, 0.4) is 0 Å². The summed E-state index contributed by atoms with van der Waals surface area (Å²) < 4.78 is 25.2. The largest absolute Gasteiger partial charge is 0.494 e. The van der Waals surface area contributed by atoms with Gasteiger partial charge in [-0.3, -0.25) is 0 Å². The summed E-state index contributed by atoms with van der Waals surface area (Å²) in [5.41, 5.74) is 4.17. The van der Waals surface area contributed by atoms with Gasteiger partial charge in [0, 0.05) is 11.5 Å². The topological polar surface area (TPSA) is 71.1 Å². The van der Waals surface area contributed by atoms with Gasteiger partial charge in [-0.15, -0.1) is 22.7 Å². The first-order chi connectivity index (χ1) is 27.3. The number of esters is 2. The lowest BCUT2D eigenvalue weighted by molar-refractivity contribution is 0.0447. The second-order valence-corrected chi connectivity index (χ2v) is 19.0. The molecule has 0 fully saturated rings. The SMILES string of the molecule is CCC(C)COC(=O)c1ccc(OC(=O)c2ccc(-c3ccc(OCCCCCCCCCCCCOCc4cc(Br)sc4-c4ccc(Br)s4)cc3)cc2)cc1. The van der Waals surface area contributed by atoms with Crippen molar-refractivity contribution in [1.82, 2.24) is 0 Å². The van der Waals surface area contributed by atoms with Gasteiger partial charge < -0.3 is 18.9 Å². The summed E-state index contributed by atoms with van der Waals surface area (Å²) in [6.45, 7) is 6.69. The van der Waals surface area contributed by atoms with E-state index < -0.39 is 5.97 Å². The van der Waals surface area contributed by atoms with E-state index >= 15 is 0 Å². The van der Waals surface area contributed by atoms with E-state index in [1.165, 1.54) is 66.7 Å². The van der Waals surface area contributed by atoms with Crippen LogP contribution in [-0.2, 0) is 16.1 Å². The van der Waals surface area contributed by atoms with Crippen molar-refractivity contribution >= 4 is 66.5 Å². The molecule has 5 rings (SSSR count). The fraction of sp³-hybridized carbons (Fsp3) is 0.391. The molecule has 10 heteroatoms. The van der Waals surface area contributed by atoms with E-state index in [-0.39, 0.29) is 5.97 Å². The lowest BCUT2D eigenvalue weighted by Crippen LogP contribution is -2.12. The average Bonchev–Trinajstić information content (AvgIpc) is 3.82. The summed E-state index contributed by atoms with van der Waals surface area (Å²) in [6, 6.07) is 28.3. The van der Waals surface area contributed by atoms with Crippen LogP contribution in [0, 0.1) is 5.92 Å². The van der Waals surface area contributed by atoms with E-state index in [9.17, 15) is 9.59 Å². The minimum absolute atomic E-state index is 0.310. The van der Waals surface area contributed by atoms with Crippen molar-refractivity contribution in [3.63, 3.8) is 0 Å². The zero-order valence-electron chi connectivity index (χ0n) is 32.4. The maximum absolute atomic E-state index is 12.7. The number of benzene rings is 3. The molecular formula is C46H52Br2O6S2. The molecule has 0 saturated heterocycles. The van der Waals surface area contributed by atoms with Crippen molar-refractivity contribution in [3.8, 4) is 32.4 Å². The van der Waals surface area contributed by atoms with Crippen LogP contribution in [0.4, 0.5) is 0 Å². The van der Waals surface area contributed by atoms with Crippen molar-refractivity contribution in [1.29, 1.82) is 0 Å². The van der Waals surface area contributed by atoms with Crippen LogP contribution < -0.4 is 9.47 Å². The molecule has 2 aromatic heterocycles. The monoisotopic (exact) mass is 922 g/mol. The standard InChI is InChI=1S/C46H52Br2O6S2/c1-3-33(2)31-53-45(49)36-20-24-40(25-21-36)54-46(50)37-16-14-34(15-17-37)35-18-22-39(23-19-35)52-29-13-11-9-7-5-4-6-8-10-12-28-51-32-38-30-43(48)56-44(38)41-26-27-42(47)55-41/h14-27,30,33H,3-13,28-29,31-32H2,1-2H3. The van der Waals surface area contributed by atoms with E-state index in [0.717, 1.165) is 56.9 Å². The van der Waals surface area contributed by atoms with E-state index in [1.807, 2.05) is 43.3 Å². The Hall–Kier alpha value is -3.28. The molecule has 298 valence electrons. The van der Waals surface area contributed by atoms with Crippen LogP contribution in [0.25, 0.3) is 20.9 Å². The number of ether oxygens (including phenoxy) is 4. The van der Waals surface area contributed by atoms with E-state index in [0.29, 0.717) is 36.0 Å². The van der Waals surface area contributed by atoms with Gasteiger partial charge in [0.1, 0.15) is 11.5 Å². The maximum atomic E-state index is 12.7. The van der Waals surface area contributed by atoms with Gasteiger partial charge >= 0.3 is 11.9 Å². The minimum Gasteiger partial charge on any atom is -0.494 e. The molecule has 3 aromatic carbocycles. The van der Waals surface area contributed by atoms with Crippen LogP contribution >= 0.6 is 54.5 Å². The Balaban J connectivity index is 0.871. The predicted octanol–water partition coefficient (Wildman–Crippen LogP) is 14.6. The molecule has 0 amide bonds. The van der Waals surface area contributed by atoms with E-state index in [2.05, 4.69) is 57.0 Å². The lowest BCUT2D eigenvalue weighted by Gasteiger charge is -2.10. The molecule has 0 radical (unpaired) electrons. The molecule has 0 aliphatic carbocycles. The third-order valence-corrected chi connectivity index (χ3v) is 13.1. The Bertz CT molecular complexity index is 1920. The quantitative estimate of drug-likeness (QED) is 0.0349. The first kappa shape index (κ1) is 43.8. The molecule has 6 nitrogen and oxygen atoms in total. The first-order valence-electron chi connectivity index (χ1n) is 19.7. The van der Waals surface area contributed by atoms with Gasteiger partial charge in [-0.25, -0.2) is 9.59 Å². The minimum atomic E-state index is -0.461. The molecule has 56 heavy (non-hydrogen) atoms. The number of hydrogen-bond acceptors (Lipinski definition) is 8. The Morgan fingerprint density at radius 3 is 1.79 bits per heavy atom. The number of carbonyl (C=O) groups excluding carboxylic acids is 2. The molecule has 1 unspecified atom stereocenters. The number of unbranched alkanes of at least 4 members (excludes halogenated alkanes) is 9. The van der Waals surface area contributed by atoms with Gasteiger partial charge in [0.25, 0.3) is 0 Å². The van der Waals surface area contributed by atoms with E-state index in [4.69, 9.17) is 18.9 Å². The molecule has 0 saturated carbocycles. The molecular weight excluding hydrogens is 872 g/mol. The third-order valence-electron chi connectivity index (χ3n) is 9.59. The molecule has 0 bridgehead atoms. The summed E-state index contributed by atoms with van der Waals surface area (Å²) >= 11 is 10.7. The Labute approximate surface area is 357 Å². The van der Waals surface area contributed by atoms with Crippen LogP contribution in [0.2, 0.25) is 0 Å². The number of hydrogen-bond donors (Lipinski definition) is 0. The van der Waals surface area contributed by atoms with Crippen LogP contribution in [-0.4, -0.2) is 31.8 Å². The predicted molar refractivity (Wildman–Crippen MR) is 237 cm³/mol. The second-order valence-electron chi connectivity index (χ2n) is 14.1. The zero-order chi connectivity index (χ0) is 39.5. The van der Waals surface area contributed by atoms with Crippen LogP contribution in [0.1, 0.15) is 111 Å². The summed E-state index contributed by atoms with van der Waals surface area (Å²) in [6.07, 6.45) is 13.3. The fourth-order valence-electron chi connectivity index (χ4n) is 6.03. The molecule has 0 aliphatic rings. The number of carbonyl (C=O) groups is 2. The van der Waals surface area contributed by atoms with Gasteiger partial charge in [-0.05, 0) is 134 Å². The van der Waals surface area contributed by atoms with Crippen LogP contribution in [0.5, 0.6) is 11.5 Å². The Kier molecular flexibility index (Phi) is 18.7. The molecule has 0 aliphatic heterocycles. The molecule has 1 atom stereocenters. The first-order valence-corrected chi connectivity index (χ1v) is 22.9. The lowest BCUT2D eigenvalue weighted by atomic mass is 10.0. The highest BCUT2D eigenvalue weighted by Gasteiger charge is 2.14. The number of thiophene rings is 2. The Morgan fingerprint density at radius 2 is 1.18 bits per heavy atom. The maximum Gasteiger partial charge on any atom is 0.343 e. The summed E-state index contributed by atoms with van der Waals surface area (Å²) in [5.74, 6) is 0.699. The normalized spacial score (nSPS) is 11.7. The molecule has 2 heterocycles. The van der Waals surface area contributed by atoms with Crippen molar-refractivity contribution in [2.75, 3.05) is 19.8 Å². The third kappa shape index (κ3) is 14.6. The summed E-state index contributed by atoms with van der Waals surface area (Å²) in [4.78, 5) is 27.6. The van der Waals surface area contributed by atoms with Gasteiger partial charge in [0.2, 0.25) is 0 Å². The fourth-order valence-corrected chi connectivity index (χ4v) is 9.21. The Morgan fingerprint density at radius 1 is 0.625 bits per heavy atom. The smallest absolute Gasteiger partial charge is 0.343 e. The second kappa shape index (κ2) is 23.8. The molecule has 5 aromatic rings. The zero-order valence-corrected chi connectivity index (χ0v) is 37.2. The summed E-state index contributed by atoms with van der Waals surface area (Å²) in [7, 11) is 0. The molecule has 0 N–H and O–H groups in total. The van der Waals surface area contributed by atoms with Gasteiger partial charge in [-0.1, -0.05) is 95.9 Å². The highest BCUT2D eigenvalue weighted by atomic mass is 79.9. The van der Waals surface area contributed by atoms with Crippen molar-refractivity contribution in [2.45, 2.75) is 91.1 Å². The van der Waals surface area contributed by atoms with Gasteiger partial charge in [0.05, 0.1) is 43.4 Å². The van der Waals surface area contributed by atoms with Crippen molar-refractivity contribution < 1.29 is 28.5 Å². The van der Waals surface area contributed by atoms with Crippen molar-refractivity contribution in [3.05, 3.63) is 115 Å². The molecule has 0 spiro atoms. The highest BCUT2D eigenvalue weighted by Crippen LogP contribution is 2.40. The number of halogens is 2. The summed E-state index contributed by atoms with van der Waals surface area (Å²) in [5, 5.41) is 0. The van der Waals surface area contributed by atoms with Gasteiger partial charge in [0.15, 0.2) is 0 Å². The highest BCUT2D eigenvalue weighted by molar-refractivity contribution is 9.11. The van der Waals surface area contributed by atoms with E-state index in [1.54, 1.807) is 59.1 Å². The average molecular weight is 925 g/mol. The van der Waals surface area contributed by atoms with Crippen LogP contribution in [0.15, 0.2) is 98.6 Å².